The molecule has 2 aromatic carbocycles. The van der Waals surface area contributed by atoms with Gasteiger partial charge in [0.1, 0.15) is 5.82 Å². The van der Waals surface area contributed by atoms with Gasteiger partial charge in [-0.05, 0) is 24.3 Å². The Bertz CT molecular complexity index is 1020. The zero-order chi connectivity index (χ0) is 18.1. The molecule has 0 spiro atoms. The molecule has 1 aromatic heterocycles. The fourth-order valence-corrected chi connectivity index (χ4v) is 3.16. The Hall–Kier alpha value is -2.86. The number of fused-ring (bicyclic) bond motifs is 1. The number of nitrogens with zero attached hydrogens (tertiary/aromatic N) is 3. The van der Waals surface area contributed by atoms with E-state index >= 15 is 0 Å². The molecule has 1 aliphatic rings. The smallest absolute Gasteiger partial charge is 0.214 e. The third kappa shape index (κ3) is 3.04. The highest BCUT2D eigenvalue weighted by molar-refractivity contribution is 6.31. The van der Waals surface area contributed by atoms with E-state index in [0.717, 1.165) is 46.8 Å². The number of aliphatic imine (C=N–C) groups is 1. The number of hydrazone groups is 1. The van der Waals surface area contributed by atoms with Crippen molar-refractivity contribution in [3.05, 3.63) is 58.9 Å². The van der Waals surface area contributed by atoms with Crippen molar-refractivity contribution in [2.75, 3.05) is 20.1 Å². The number of benzene rings is 2. The number of halogens is 2. The van der Waals surface area contributed by atoms with Crippen molar-refractivity contribution >= 4 is 34.7 Å². The van der Waals surface area contributed by atoms with Crippen molar-refractivity contribution in [2.45, 2.75) is 0 Å². The second-order valence-corrected chi connectivity index (χ2v) is 6.40. The molecule has 0 unspecified atom stereocenters. The SMILES string of the molecule is CN(/N=C/c1c(-c2ccc(F)c(Cl)c2)[nH]c2ccccc12)C1=NCCN1. The summed E-state index contributed by atoms with van der Waals surface area (Å²) in [6, 6.07) is 12.6. The van der Waals surface area contributed by atoms with Crippen LogP contribution in [-0.4, -0.2) is 42.3 Å². The molecule has 0 saturated carbocycles. The maximum Gasteiger partial charge on any atom is 0.214 e. The van der Waals surface area contributed by atoms with E-state index in [1.807, 2.05) is 31.3 Å². The van der Waals surface area contributed by atoms with Gasteiger partial charge in [-0.1, -0.05) is 29.8 Å². The first kappa shape index (κ1) is 16.6. The van der Waals surface area contributed by atoms with Gasteiger partial charge >= 0.3 is 0 Å². The number of hydrogen-bond acceptors (Lipinski definition) is 4. The Morgan fingerprint density at radius 2 is 2.12 bits per heavy atom. The molecule has 5 nitrogen and oxygen atoms in total. The molecule has 132 valence electrons. The Morgan fingerprint density at radius 1 is 1.27 bits per heavy atom. The van der Waals surface area contributed by atoms with Gasteiger partial charge in [-0.15, -0.1) is 0 Å². The van der Waals surface area contributed by atoms with E-state index in [-0.39, 0.29) is 5.02 Å². The zero-order valence-corrected chi connectivity index (χ0v) is 14.9. The molecule has 1 aliphatic heterocycles. The van der Waals surface area contributed by atoms with E-state index in [2.05, 4.69) is 20.4 Å². The van der Waals surface area contributed by atoms with Crippen LogP contribution >= 0.6 is 11.6 Å². The lowest BCUT2D eigenvalue weighted by Crippen LogP contribution is -2.32. The average Bonchev–Trinajstić information content (AvgIpc) is 3.30. The summed E-state index contributed by atoms with van der Waals surface area (Å²) in [4.78, 5) is 7.73. The molecule has 0 fully saturated rings. The first-order chi connectivity index (χ1) is 12.6. The topological polar surface area (TPSA) is 55.8 Å². The van der Waals surface area contributed by atoms with Crippen LogP contribution in [-0.2, 0) is 0 Å². The quantitative estimate of drug-likeness (QED) is 0.544. The van der Waals surface area contributed by atoms with E-state index in [1.54, 1.807) is 23.4 Å². The van der Waals surface area contributed by atoms with Gasteiger partial charge in [0.15, 0.2) is 0 Å². The molecule has 0 aliphatic carbocycles. The predicted molar refractivity (Wildman–Crippen MR) is 104 cm³/mol. The maximum atomic E-state index is 13.6. The van der Waals surface area contributed by atoms with Crippen molar-refractivity contribution in [2.24, 2.45) is 10.1 Å². The van der Waals surface area contributed by atoms with Crippen LogP contribution in [0.1, 0.15) is 5.56 Å². The highest BCUT2D eigenvalue weighted by Gasteiger charge is 2.14. The second kappa shape index (κ2) is 6.80. The number of H-pyrrole nitrogens is 1. The summed E-state index contributed by atoms with van der Waals surface area (Å²) in [6.45, 7) is 1.57. The molecule has 3 aromatic rings. The fraction of sp³-hybridized carbons (Fsp3) is 0.158. The largest absolute Gasteiger partial charge is 0.354 e. The minimum absolute atomic E-state index is 0.0886. The molecule has 0 radical (unpaired) electrons. The van der Waals surface area contributed by atoms with Crippen LogP contribution in [0.2, 0.25) is 5.02 Å². The van der Waals surface area contributed by atoms with Gasteiger partial charge in [0.2, 0.25) is 5.96 Å². The summed E-state index contributed by atoms with van der Waals surface area (Å²) in [5, 5.41) is 10.5. The number of para-hydroxylation sites is 1. The van der Waals surface area contributed by atoms with Crippen molar-refractivity contribution in [3.63, 3.8) is 0 Å². The van der Waals surface area contributed by atoms with Crippen LogP contribution in [0.15, 0.2) is 52.6 Å². The Labute approximate surface area is 155 Å². The van der Waals surface area contributed by atoms with Crippen LogP contribution in [0.4, 0.5) is 4.39 Å². The van der Waals surface area contributed by atoms with Crippen LogP contribution < -0.4 is 5.32 Å². The first-order valence-corrected chi connectivity index (χ1v) is 8.63. The lowest BCUT2D eigenvalue weighted by Gasteiger charge is -2.12. The van der Waals surface area contributed by atoms with E-state index in [4.69, 9.17) is 11.6 Å². The van der Waals surface area contributed by atoms with Gasteiger partial charge < -0.3 is 10.3 Å². The molecule has 2 N–H and O–H groups in total. The van der Waals surface area contributed by atoms with Gasteiger partial charge in [-0.25, -0.2) is 14.4 Å². The summed E-state index contributed by atoms with van der Waals surface area (Å²) in [7, 11) is 1.84. The highest BCUT2D eigenvalue weighted by Crippen LogP contribution is 2.31. The average molecular weight is 370 g/mol. The summed E-state index contributed by atoms with van der Waals surface area (Å²) in [5.41, 5.74) is 3.52. The van der Waals surface area contributed by atoms with Crippen LogP contribution in [0.3, 0.4) is 0 Å². The number of aromatic nitrogens is 1. The van der Waals surface area contributed by atoms with E-state index < -0.39 is 5.82 Å². The fourth-order valence-electron chi connectivity index (χ4n) is 2.98. The lowest BCUT2D eigenvalue weighted by atomic mass is 10.1. The molecule has 0 saturated heterocycles. The van der Waals surface area contributed by atoms with Crippen molar-refractivity contribution in [1.82, 2.24) is 15.3 Å². The Morgan fingerprint density at radius 3 is 2.88 bits per heavy atom. The standard InChI is InChI=1S/C19H17ClFN5/c1-26(19-22-8-9-23-19)24-11-14-13-4-2-3-5-17(13)25-18(14)12-6-7-16(21)15(20)10-12/h2-7,10-11,25H,8-9H2,1H3,(H,22,23)/b24-11+. The van der Waals surface area contributed by atoms with Crippen molar-refractivity contribution < 1.29 is 4.39 Å². The zero-order valence-electron chi connectivity index (χ0n) is 14.1. The van der Waals surface area contributed by atoms with Crippen LogP contribution in [0.5, 0.6) is 0 Å². The van der Waals surface area contributed by atoms with Crippen molar-refractivity contribution in [3.8, 4) is 11.3 Å². The number of hydrogen-bond donors (Lipinski definition) is 2. The number of aromatic amines is 1. The number of nitrogens with one attached hydrogen (secondary N) is 2. The summed E-state index contributed by atoms with van der Waals surface area (Å²) in [6.07, 6.45) is 1.79. The van der Waals surface area contributed by atoms with Gasteiger partial charge in [-0.3, -0.25) is 0 Å². The molecule has 0 amide bonds. The van der Waals surface area contributed by atoms with Crippen LogP contribution in [0.25, 0.3) is 22.2 Å². The van der Waals surface area contributed by atoms with E-state index in [1.165, 1.54) is 6.07 Å². The minimum atomic E-state index is -0.438. The van der Waals surface area contributed by atoms with E-state index in [9.17, 15) is 4.39 Å². The third-order valence-electron chi connectivity index (χ3n) is 4.28. The number of rotatable bonds is 3. The van der Waals surface area contributed by atoms with Gasteiger partial charge in [0.25, 0.3) is 0 Å². The van der Waals surface area contributed by atoms with Gasteiger partial charge in [0.05, 0.1) is 23.5 Å². The van der Waals surface area contributed by atoms with Crippen molar-refractivity contribution in [1.29, 1.82) is 0 Å². The third-order valence-corrected chi connectivity index (χ3v) is 4.57. The molecule has 0 atom stereocenters. The highest BCUT2D eigenvalue weighted by atomic mass is 35.5. The molecule has 26 heavy (non-hydrogen) atoms. The predicted octanol–water partition coefficient (Wildman–Crippen LogP) is 3.85. The summed E-state index contributed by atoms with van der Waals surface area (Å²) >= 11 is 5.97. The van der Waals surface area contributed by atoms with Crippen LogP contribution in [0, 0.1) is 5.82 Å². The van der Waals surface area contributed by atoms with Gasteiger partial charge in [-0.2, -0.15) is 5.10 Å². The second-order valence-electron chi connectivity index (χ2n) is 5.99. The molecule has 2 heterocycles. The summed E-state index contributed by atoms with van der Waals surface area (Å²) in [5.74, 6) is 0.305. The minimum Gasteiger partial charge on any atom is -0.354 e. The number of guanidine groups is 1. The normalized spacial score (nSPS) is 14.0. The first-order valence-electron chi connectivity index (χ1n) is 8.25. The summed E-state index contributed by atoms with van der Waals surface area (Å²) < 4.78 is 13.6. The molecule has 7 heteroatoms. The lowest BCUT2D eigenvalue weighted by molar-refractivity contribution is 0.531. The molecule has 4 rings (SSSR count). The molecular formula is C19H17ClFN5. The maximum absolute atomic E-state index is 13.6. The molecule has 0 bridgehead atoms. The Balaban J connectivity index is 1.80. The molecular weight excluding hydrogens is 353 g/mol. The van der Waals surface area contributed by atoms with E-state index in [0.29, 0.717) is 0 Å². The van der Waals surface area contributed by atoms with Gasteiger partial charge in [0, 0.05) is 35.6 Å². The Kier molecular flexibility index (Phi) is 4.34. The monoisotopic (exact) mass is 369 g/mol.